The molecule has 3 fully saturated rings. The van der Waals surface area contributed by atoms with Gasteiger partial charge in [-0.2, -0.15) is 15.3 Å². The molecule has 2 amide bonds. The summed E-state index contributed by atoms with van der Waals surface area (Å²) >= 11 is 17.9. The number of aryl methyl sites for hydroxylation is 3. The van der Waals surface area contributed by atoms with E-state index in [0.717, 1.165) is 129 Å². The van der Waals surface area contributed by atoms with Gasteiger partial charge in [-0.15, -0.1) is 12.4 Å². The molecule has 3 aromatic heterocycles. The first-order chi connectivity index (χ1) is 47.5. The highest BCUT2D eigenvalue weighted by molar-refractivity contribution is 6.31. The van der Waals surface area contributed by atoms with E-state index in [0.29, 0.717) is 79.7 Å². The minimum absolute atomic E-state index is 0. The lowest BCUT2D eigenvalue weighted by molar-refractivity contribution is 0.0592. The standard InChI is InChI=1S/C25H25ClN4O3.C24H23ClN4O3.C14H14ClN3O2.C11H13NO2.ClH/c1-16-21(23-29(13-14-30(23)28-16)15-17-3-9-20(26)10-4-17)22(31)27-25(11-12-25)19-7-5-18(6-8-19)24(32)33-2;1-15-20(21(30)26-24(10-11-24)18-6-4-17(5-7-18)23(31)32)22-28(12-13-29(22)27-15)14-16-2-8-19(25)9-3-16;1-9-12(14(19)20)13-17(6-7-18(13)16-9)8-10-2-4-11(15)5-3-10;1-14-10(13)8-2-4-9(5-3-8)11(12)6-7-11;/h3-10H,11-15H2,1-2H3,(H,27,31);2-9H,10-14H2,1H3,(H,26,30)(H,31,32);2-5H,6-8H2,1H3,(H,19,20);2-5H,6-7,12H2,1H3;1H. The second-order valence-electron chi connectivity index (χ2n) is 25.7. The number of anilines is 3. The molecule has 3 aliphatic heterocycles. The first kappa shape index (κ1) is 71.6. The monoisotopic (exact) mass is 1430 g/mol. The number of amides is 2. The summed E-state index contributed by atoms with van der Waals surface area (Å²) < 4.78 is 15.0. The quantitative estimate of drug-likeness (QED) is 0.0530. The van der Waals surface area contributed by atoms with E-state index >= 15 is 0 Å². The van der Waals surface area contributed by atoms with Gasteiger partial charge in [-0.3, -0.25) is 9.59 Å². The van der Waals surface area contributed by atoms with Gasteiger partial charge in [0, 0.05) is 59.9 Å². The second-order valence-corrected chi connectivity index (χ2v) is 27.0. The highest BCUT2D eigenvalue weighted by Crippen LogP contribution is 2.48. The third kappa shape index (κ3) is 15.5. The number of aromatic nitrogens is 6. The highest BCUT2D eigenvalue weighted by Gasteiger charge is 2.48. The minimum Gasteiger partial charge on any atom is -0.478 e. The third-order valence-corrected chi connectivity index (χ3v) is 19.6. The predicted molar refractivity (Wildman–Crippen MR) is 383 cm³/mol. The summed E-state index contributed by atoms with van der Waals surface area (Å²) in [6.45, 7) is 12.0. The topological polar surface area (TPSA) is 275 Å². The molecule has 6 N–H and O–H groups in total. The number of hydrogen-bond donors (Lipinski definition) is 5. The zero-order valence-electron chi connectivity index (χ0n) is 55.8. The molecule has 6 heterocycles. The lowest BCUT2D eigenvalue weighted by Gasteiger charge is -2.22. The number of fused-ring (bicyclic) bond motifs is 3. The van der Waals surface area contributed by atoms with Crippen LogP contribution >= 0.6 is 47.2 Å². The summed E-state index contributed by atoms with van der Waals surface area (Å²) in [5, 5.41) is 40.6. The fourth-order valence-electron chi connectivity index (χ4n) is 13.0. The number of hydrogen-bond acceptors (Lipinski definition) is 15. The Bertz CT molecular complexity index is 4530. The number of ether oxygens (including phenoxy) is 2. The van der Waals surface area contributed by atoms with Crippen molar-refractivity contribution in [2.45, 2.75) is 115 Å². The van der Waals surface area contributed by atoms with E-state index in [2.05, 4.69) is 40.5 Å². The van der Waals surface area contributed by atoms with Crippen LogP contribution in [0.5, 0.6) is 0 Å². The van der Waals surface area contributed by atoms with Crippen molar-refractivity contribution in [1.29, 1.82) is 0 Å². The fraction of sp³-hybridized carbons (Fsp3) is 0.311. The molecule has 0 atom stereocenters. The summed E-state index contributed by atoms with van der Waals surface area (Å²) in [4.78, 5) is 78.8. The van der Waals surface area contributed by atoms with Crippen LogP contribution in [0.15, 0.2) is 146 Å². The summed E-state index contributed by atoms with van der Waals surface area (Å²) in [7, 11) is 2.74. The van der Waals surface area contributed by atoms with Gasteiger partial charge in [-0.05, 0) is 165 Å². The molecule has 3 aliphatic carbocycles. The maximum Gasteiger partial charge on any atom is 0.341 e. The van der Waals surface area contributed by atoms with Gasteiger partial charge in [0.05, 0.1) is 78.7 Å². The van der Waals surface area contributed by atoms with Crippen LogP contribution < -0.4 is 31.1 Å². The molecular formula is C74H76Cl4N12O10. The molecule has 100 heavy (non-hydrogen) atoms. The average molecular weight is 1440 g/mol. The van der Waals surface area contributed by atoms with Gasteiger partial charge in [0.1, 0.15) is 34.1 Å². The number of carbonyl (C=O) groups excluding carboxylic acids is 4. The van der Waals surface area contributed by atoms with Gasteiger partial charge >= 0.3 is 23.9 Å². The normalized spacial score (nSPS) is 15.5. The predicted octanol–water partition coefficient (Wildman–Crippen LogP) is 12.5. The van der Waals surface area contributed by atoms with Crippen molar-refractivity contribution in [3.05, 3.63) is 245 Å². The largest absolute Gasteiger partial charge is 0.478 e. The van der Waals surface area contributed by atoms with E-state index in [1.807, 2.05) is 125 Å². The van der Waals surface area contributed by atoms with Crippen LogP contribution in [0, 0.1) is 20.8 Å². The number of nitrogens with zero attached hydrogens (tertiary/aromatic N) is 9. The summed E-state index contributed by atoms with van der Waals surface area (Å²) in [5.41, 5.74) is 16.2. The van der Waals surface area contributed by atoms with Crippen molar-refractivity contribution >= 4 is 100 Å². The second kappa shape index (κ2) is 29.6. The molecule has 0 unspecified atom stereocenters. The zero-order valence-corrected chi connectivity index (χ0v) is 58.9. The number of esters is 2. The number of methoxy groups -OCH3 is 2. The Morgan fingerprint density at radius 1 is 0.430 bits per heavy atom. The van der Waals surface area contributed by atoms with Crippen LogP contribution in [0.4, 0.5) is 17.5 Å². The number of nitrogens with two attached hydrogens (primary N) is 1. The summed E-state index contributed by atoms with van der Waals surface area (Å²) in [5.74, 6) is -0.434. The van der Waals surface area contributed by atoms with Crippen LogP contribution in [-0.2, 0) is 65.4 Å². The van der Waals surface area contributed by atoms with E-state index < -0.39 is 23.0 Å². The van der Waals surface area contributed by atoms with Crippen molar-refractivity contribution in [2.24, 2.45) is 5.73 Å². The maximum absolute atomic E-state index is 13.5. The number of carboxylic acids is 2. The molecule has 15 rings (SSSR count). The highest BCUT2D eigenvalue weighted by atomic mass is 35.5. The molecule has 9 aromatic rings. The Labute approximate surface area is 599 Å². The lowest BCUT2D eigenvalue weighted by atomic mass is 10.0. The zero-order chi connectivity index (χ0) is 70.1. The number of carbonyl (C=O) groups is 6. The number of halogens is 4. The Balaban J connectivity index is 0.000000140. The van der Waals surface area contributed by atoms with Crippen molar-refractivity contribution in [3.8, 4) is 0 Å². The number of carboxylic acid groups (broad SMARTS) is 2. The first-order valence-corrected chi connectivity index (χ1v) is 33.7. The number of nitrogens with one attached hydrogen (secondary N) is 2. The molecular weight excluding hydrogens is 1360 g/mol. The lowest BCUT2D eigenvalue weighted by Crippen LogP contribution is -2.36. The molecule has 0 spiro atoms. The van der Waals surface area contributed by atoms with Crippen LogP contribution in [0.2, 0.25) is 15.1 Å². The number of aromatic carboxylic acids is 2. The van der Waals surface area contributed by atoms with Crippen molar-refractivity contribution < 1.29 is 48.5 Å². The van der Waals surface area contributed by atoms with Gasteiger partial charge in [0.2, 0.25) is 0 Å². The van der Waals surface area contributed by atoms with E-state index in [1.165, 1.54) is 14.2 Å². The SMILES string of the molecule is COC(=O)c1ccc(C2(N)CC2)cc1.COC(=O)c1ccc(C2(NC(=O)c3c(C)nn4c3N(Cc3ccc(Cl)cc3)CC4)CC2)cc1.Cc1nn2c(c1C(=O)NC1(c3ccc(C(=O)O)cc3)CC1)N(Cc1ccc(Cl)cc1)CC2.Cc1nn2c(c1C(=O)O)N(Cc1ccc(Cl)cc1)CC2.Cl. The van der Waals surface area contributed by atoms with Crippen LogP contribution in [0.3, 0.4) is 0 Å². The number of rotatable bonds is 17. The maximum atomic E-state index is 13.5. The molecule has 26 heteroatoms. The average Bonchev–Trinajstić information content (AvgIpc) is 1.62. The van der Waals surface area contributed by atoms with Crippen molar-refractivity contribution in [1.82, 2.24) is 40.0 Å². The molecule has 520 valence electrons. The Hall–Kier alpha value is -9.71. The molecule has 22 nitrogen and oxygen atoms in total. The Morgan fingerprint density at radius 2 is 0.730 bits per heavy atom. The smallest absolute Gasteiger partial charge is 0.341 e. The van der Waals surface area contributed by atoms with Crippen LogP contribution in [0.1, 0.15) is 151 Å². The van der Waals surface area contributed by atoms with E-state index in [1.54, 1.807) is 60.1 Å². The minimum atomic E-state index is -0.961. The van der Waals surface area contributed by atoms with Gasteiger partial charge in [0.25, 0.3) is 11.8 Å². The number of benzene rings is 6. The van der Waals surface area contributed by atoms with E-state index in [4.69, 9.17) is 50.4 Å². The third-order valence-electron chi connectivity index (χ3n) is 18.9. The summed E-state index contributed by atoms with van der Waals surface area (Å²) in [6.07, 6.45) is 5.42. The Kier molecular flexibility index (Phi) is 21.2. The molecule has 6 aromatic carbocycles. The fourth-order valence-corrected chi connectivity index (χ4v) is 13.4. The van der Waals surface area contributed by atoms with Gasteiger partial charge in [-0.25, -0.2) is 33.2 Å². The molecule has 0 bridgehead atoms. The molecule has 3 saturated carbocycles. The summed E-state index contributed by atoms with van der Waals surface area (Å²) in [6, 6.07) is 44.4. The van der Waals surface area contributed by atoms with Crippen LogP contribution in [-0.4, -0.2) is 109 Å². The molecule has 0 radical (unpaired) electrons. The van der Waals surface area contributed by atoms with Gasteiger partial charge in [-0.1, -0.05) is 108 Å². The van der Waals surface area contributed by atoms with Gasteiger partial charge in [0.15, 0.2) is 0 Å². The van der Waals surface area contributed by atoms with Crippen molar-refractivity contribution in [3.63, 3.8) is 0 Å². The Morgan fingerprint density at radius 3 is 1.02 bits per heavy atom. The van der Waals surface area contributed by atoms with Crippen LogP contribution in [0.25, 0.3) is 0 Å². The molecule has 6 aliphatic rings. The molecule has 0 saturated heterocycles. The van der Waals surface area contributed by atoms with E-state index in [-0.39, 0.29) is 47.3 Å². The van der Waals surface area contributed by atoms with Gasteiger partial charge < -0.3 is 50.8 Å². The van der Waals surface area contributed by atoms with E-state index in [9.17, 15) is 33.9 Å². The van der Waals surface area contributed by atoms with Crippen molar-refractivity contribution in [2.75, 3.05) is 48.6 Å². The first-order valence-electron chi connectivity index (χ1n) is 32.6.